The second-order valence-electron chi connectivity index (χ2n) is 7.13. The number of nitrogens with one attached hydrogen (secondary N) is 1. The van der Waals surface area contributed by atoms with Crippen LogP contribution >= 0.6 is 0 Å². The van der Waals surface area contributed by atoms with Crippen LogP contribution in [-0.2, 0) is 6.54 Å². The maximum atomic E-state index is 12.4. The summed E-state index contributed by atoms with van der Waals surface area (Å²) in [5, 5.41) is 3.31. The molecule has 3 saturated carbocycles. The smallest absolute Gasteiger partial charge is 0.251 e. The minimum absolute atomic E-state index is 0.0886. The van der Waals surface area contributed by atoms with Crippen molar-refractivity contribution in [3.05, 3.63) is 35.4 Å². The Morgan fingerprint density at radius 2 is 1.86 bits per heavy atom. The molecule has 3 nitrogen and oxygen atoms in total. The summed E-state index contributed by atoms with van der Waals surface area (Å²) in [7, 11) is 0. The van der Waals surface area contributed by atoms with E-state index in [4.69, 9.17) is 5.73 Å². The summed E-state index contributed by atoms with van der Waals surface area (Å²) < 4.78 is 0. The van der Waals surface area contributed by atoms with E-state index in [9.17, 15) is 4.79 Å². The lowest BCUT2D eigenvalue weighted by Crippen LogP contribution is -2.42. The number of fused-ring (bicyclic) bond motifs is 5. The molecule has 3 heteroatoms. The van der Waals surface area contributed by atoms with E-state index in [-0.39, 0.29) is 5.91 Å². The molecule has 5 unspecified atom stereocenters. The van der Waals surface area contributed by atoms with Crippen LogP contribution in [0, 0.1) is 23.7 Å². The Morgan fingerprint density at radius 1 is 1.10 bits per heavy atom. The largest absolute Gasteiger partial charge is 0.349 e. The van der Waals surface area contributed by atoms with Crippen LogP contribution in [0.15, 0.2) is 24.3 Å². The van der Waals surface area contributed by atoms with Crippen molar-refractivity contribution in [2.75, 3.05) is 0 Å². The molecule has 4 rings (SSSR count). The summed E-state index contributed by atoms with van der Waals surface area (Å²) in [4.78, 5) is 12.4. The Labute approximate surface area is 126 Å². The predicted molar refractivity (Wildman–Crippen MR) is 82.6 cm³/mol. The number of hydrogen-bond acceptors (Lipinski definition) is 2. The normalized spacial score (nSPS) is 36.7. The van der Waals surface area contributed by atoms with Crippen LogP contribution < -0.4 is 11.1 Å². The van der Waals surface area contributed by atoms with Crippen molar-refractivity contribution in [3.8, 4) is 0 Å². The first kappa shape index (κ1) is 13.3. The molecule has 1 aromatic carbocycles. The van der Waals surface area contributed by atoms with Crippen LogP contribution in [0.25, 0.3) is 0 Å². The van der Waals surface area contributed by atoms with Crippen LogP contribution in [0.2, 0.25) is 0 Å². The minimum Gasteiger partial charge on any atom is -0.349 e. The molecule has 112 valence electrons. The number of nitrogens with two attached hydrogens (primary N) is 1. The van der Waals surface area contributed by atoms with Gasteiger partial charge in [0.1, 0.15) is 0 Å². The van der Waals surface area contributed by atoms with Gasteiger partial charge < -0.3 is 11.1 Å². The lowest BCUT2D eigenvalue weighted by Gasteiger charge is -2.32. The zero-order chi connectivity index (χ0) is 14.4. The first-order valence-corrected chi connectivity index (χ1v) is 8.36. The van der Waals surface area contributed by atoms with Gasteiger partial charge in [0.25, 0.3) is 5.91 Å². The Bertz CT molecular complexity index is 539. The number of hydrogen-bond donors (Lipinski definition) is 2. The number of amides is 1. The number of benzene rings is 1. The van der Waals surface area contributed by atoms with Gasteiger partial charge in [-0.3, -0.25) is 4.79 Å². The first-order valence-electron chi connectivity index (χ1n) is 8.36. The maximum absolute atomic E-state index is 12.4. The molecule has 21 heavy (non-hydrogen) atoms. The fourth-order valence-corrected chi connectivity index (χ4v) is 5.28. The molecule has 0 saturated heterocycles. The van der Waals surface area contributed by atoms with Crippen molar-refractivity contribution >= 4 is 5.91 Å². The molecule has 0 radical (unpaired) electrons. The highest BCUT2D eigenvalue weighted by atomic mass is 16.1. The molecule has 3 aliphatic carbocycles. The van der Waals surface area contributed by atoms with Gasteiger partial charge in [-0.1, -0.05) is 18.6 Å². The van der Waals surface area contributed by atoms with E-state index in [1.54, 1.807) is 0 Å². The third kappa shape index (κ3) is 2.18. The van der Waals surface area contributed by atoms with E-state index in [0.717, 1.165) is 34.8 Å². The third-order valence-electron chi connectivity index (χ3n) is 6.20. The number of carbonyl (C=O) groups excluding carboxylic acids is 1. The van der Waals surface area contributed by atoms with E-state index in [2.05, 4.69) is 5.32 Å². The van der Waals surface area contributed by atoms with E-state index in [1.807, 2.05) is 24.3 Å². The van der Waals surface area contributed by atoms with Crippen molar-refractivity contribution in [3.63, 3.8) is 0 Å². The Hall–Kier alpha value is -1.35. The molecule has 1 aromatic rings. The van der Waals surface area contributed by atoms with Crippen LogP contribution in [0.5, 0.6) is 0 Å². The monoisotopic (exact) mass is 284 g/mol. The molecular weight excluding hydrogens is 260 g/mol. The van der Waals surface area contributed by atoms with Gasteiger partial charge in [-0.05, 0) is 67.1 Å². The molecule has 3 N–H and O–H groups in total. The van der Waals surface area contributed by atoms with Gasteiger partial charge >= 0.3 is 0 Å². The SMILES string of the molecule is NCc1ccc(C(=O)NC2CC3CC2C2CCCC32)cc1. The molecule has 0 aromatic heterocycles. The highest BCUT2D eigenvalue weighted by Gasteiger charge is 2.53. The number of rotatable bonds is 3. The van der Waals surface area contributed by atoms with Crippen molar-refractivity contribution in [1.29, 1.82) is 0 Å². The quantitative estimate of drug-likeness (QED) is 0.896. The zero-order valence-electron chi connectivity index (χ0n) is 12.4. The molecule has 2 bridgehead atoms. The summed E-state index contributed by atoms with van der Waals surface area (Å²) in [6.07, 6.45) is 6.80. The van der Waals surface area contributed by atoms with Crippen LogP contribution in [-0.4, -0.2) is 11.9 Å². The standard InChI is InChI=1S/C18H24N2O/c19-10-11-4-6-12(7-5-11)18(21)20-17-9-13-8-16(17)15-3-1-2-14(13)15/h4-7,13-17H,1-3,8-10,19H2,(H,20,21). The van der Waals surface area contributed by atoms with Gasteiger partial charge in [-0.2, -0.15) is 0 Å². The maximum Gasteiger partial charge on any atom is 0.251 e. The van der Waals surface area contributed by atoms with Crippen molar-refractivity contribution in [2.24, 2.45) is 29.4 Å². The lowest BCUT2D eigenvalue weighted by molar-refractivity contribution is 0.0901. The van der Waals surface area contributed by atoms with Gasteiger partial charge in [0.2, 0.25) is 0 Å². The number of carbonyl (C=O) groups is 1. The zero-order valence-corrected chi connectivity index (χ0v) is 12.4. The second-order valence-corrected chi connectivity index (χ2v) is 7.13. The van der Waals surface area contributed by atoms with E-state index >= 15 is 0 Å². The van der Waals surface area contributed by atoms with E-state index in [0.29, 0.717) is 12.6 Å². The molecule has 1 amide bonds. The molecule has 0 spiro atoms. The van der Waals surface area contributed by atoms with E-state index < -0.39 is 0 Å². The molecule has 3 aliphatic rings. The Morgan fingerprint density at radius 3 is 2.62 bits per heavy atom. The molecule has 0 heterocycles. The van der Waals surface area contributed by atoms with E-state index in [1.165, 1.54) is 32.1 Å². The topological polar surface area (TPSA) is 55.1 Å². The Balaban J connectivity index is 1.43. The Kier molecular flexibility index (Phi) is 3.26. The second kappa shape index (κ2) is 5.13. The van der Waals surface area contributed by atoms with Gasteiger partial charge in [-0.15, -0.1) is 0 Å². The molecule has 5 atom stereocenters. The van der Waals surface area contributed by atoms with Crippen molar-refractivity contribution < 1.29 is 4.79 Å². The lowest BCUT2D eigenvalue weighted by atomic mass is 9.79. The van der Waals surface area contributed by atoms with Crippen LogP contribution in [0.3, 0.4) is 0 Å². The minimum atomic E-state index is 0.0886. The van der Waals surface area contributed by atoms with Gasteiger partial charge in [0.05, 0.1) is 0 Å². The van der Waals surface area contributed by atoms with Gasteiger partial charge in [0.15, 0.2) is 0 Å². The summed E-state index contributed by atoms with van der Waals surface area (Å²) >= 11 is 0. The fourth-order valence-electron chi connectivity index (χ4n) is 5.28. The summed E-state index contributed by atoms with van der Waals surface area (Å²) in [6, 6.07) is 8.09. The summed E-state index contributed by atoms with van der Waals surface area (Å²) in [5.74, 6) is 3.59. The fraction of sp³-hybridized carbons (Fsp3) is 0.611. The van der Waals surface area contributed by atoms with Gasteiger partial charge in [0, 0.05) is 18.2 Å². The third-order valence-corrected chi connectivity index (χ3v) is 6.20. The molecule has 3 fully saturated rings. The van der Waals surface area contributed by atoms with Crippen LogP contribution in [0.1, 0.15) is 48.0 Å². The predicted octanol–water partition coefficient (Wildman–Crippen LogP) is 2.70. The van der Waals surface area contributed by atoms with Crippen molar-refractivity contribution in [2.45, 2.75) is 44.7 Å². The van der Waals surface area contributed by atoms with Gasteiger partial charge in [-0.25, -0.2) is 0 Å². The molecule has 0 aliphatic heterocycles. The summed E-state index contributed by atoms with van der Waals surface area (Å²) in [5.41, 5.74) is 7.43. The average molecular weight is 284 g/mol. The van der Waals surface area contributed by atoms with Crippen LogP contribution in [0.4, 0.5) is 0 Å². The molecular formula is C18H24N2O. The highest BCUT2D eigenvalue weighted by Crippen LogP contribution is 2.58. The highest BCUT2D eigenvalue weighted by molar-refractivity contribution is 5.94. The average Bonchev–Trinajstić information content (AvgIpc) is 3.19. The first-order chi connectivity index (χ1) is 10.3. The van der Waals surface area contributed by atoms with Crippen molar-refractivity contribution in [1.82, 2.24) is 5.32 Å². The summed E-state index contributed by atoms with van der Waals surface area (Å²) in [6.45, 7) is 0.525.